The van der Waals surface area contributed by atoms with Crippen molar-refractivity contribution in [2.75, 3.05) is 0 Å². The van der Waals surface area contributed by atoms with Gasteiger partial charge in [0.05, 0.1) is 0 Å². The predicted molar refractivity (Wildman–Crippen MR) is 46.4 cm³/mol. The van der Waals surface area contributed by atoms with Gasteiger partial charge in [0.15, 0.2) is 0 Å². The maximum absolute atomic E-state index is 10.5. The number of carboxylic acids is 2. The standard InChI is InChI=1S/C7H12O4S/c1-3-5(7(10)11)12-4(2)6(8)9/h4-5H,3H2,1-2H3,(H,8,9)(H,10,11). The van der Waals surface area contributed by atoms with Crippen LogP contribution in [0.4, 0.5) is 0 Å². The first-order chi connectivity index (χ1) is 5.49. The van der Waals surface area contributed by atoms with E-state index in [1.807, 2.05) is 0 Å². The van der Waals surface area contributed by atoms with E-state index in [4.69, 9.17) is 10.2 Å². The van der Waals surface area contributed by atoms with Gasteiger partial charge in [-0.1, -0.05) is 6.92 Å². The molecule has 12 heavy (non-hydrogen) atoms. The van der Waals surface area contributed by atoms with Crippen LogP contribution in [0.1, 0.15) is 20.3 Å². The minimum absolute atomic E-state index is 0.442. The van der Waals surface area contributed by atoms with Gasteiger partial charge in [-0.2, -0.15) is 0 Å². The third kappa shape index (κ3) is 3.61. The first kappa shape index (κ1) is 11.3. The zero-order chi connectivity index (χ0) is 9.72. The average Bonchev–Trinajstić information content (AvgIpc) is 1.98. The summed E-state index contributed by atoms with van der Waals surface area (Å²) in [5.41, 5.74) is 0. The van der Waals surface area contributed by atoms with Crippen molar-refractivity contribution < 1.29 is 19.8 Å². The van der Waals surface area contributed by atoms with Crippen LogP contribution in [-0.4, -0.2) is 32.7 Å². The second-order valence-corrected chi connectivity index (χ2v) is 3.90. The number of carboxylic acid groups (broad SMARTS) is 2. The normalized spacial score (nSPS) is 15.2. The average molecular weight is 192 g/mol. The van der Waals surface area contributed by atoms with Crippen molar-refractivity contribution in [3.05, 3.63) is 0 Å². The molecule has 0 aromatic heterocycles. The molecule has 0 rings (SSSR count). The second-order valence-electron chi connectivity index (χ2n) is 2.35. The third-order valence-electron chi connectivity index (χ3n) is 1.36. The minimum Gasteiger partial charge on any atom is -0.480 e. The quantitative estimate of drug-likeness (QED) is 0.681. The van der Waals surface area contributed by atoms with Crippen LogP contribution in [-0.2, 0) is 9.59 Å². The first-order valence-corrected chi connectivity index (χ1v) is 4.54. The molecule has 70 valence electrons. The SMILES string of the molecule is CCC(SC(C)C(=O)O)C(=O)O. The van der Waals surface area contributed by atoms with E-state index in [1.165, 1.54) is 6.92 Å². The van der Waals surface area contributed by atoms with E-state index in [0.717, 1.165) is 11.8 Å². The molecular weight excluding hydrogens is 180 g/mol. The summed E-state index contributed by atoms with van der Waals surface area (Å²) in [4.78, 5) is 20.8. The molecule has 0 aromatic carbocycles. The monoisotopic (exact) mass is 192 g/mol. The summed E-state index contributed by atoms with van der Waals surface area (Å²) < 4.78 is 0. The molecule has 0 bridgehead atoms. The van der Waals surface area contributed by atoms with E-state index in [1.54, 1.807) is 6.92 Å². The van der Waals surface area contributed by atoms with Gasteiger partial charge in [-0.25, -0.2) is 0 Å². The summed E-state index contributed by atoms with van der Waals surface area (Å²) in [7, 11) is 0. The number of hydrogen-bond donors (Lipinski definition) is 2. The van der Waals surface area contributed by atoms with Crippen molar-refractivity contribution >= 4 is 23.7 Å². The predicted octanol–water partition coefficient (Wildman–Crippen LogP) is 1.06. The van der Waals surface area contributed by atoms with E-state index in [-0.39, 0.29) is 0 Å². The molecular formula is C7H12O4S. The molecule has 0 aliphatic heterocycles. The summed E-state index contributed by atoms with van der Waals surface area (Å²) in [6, 6.07) is 0. The van der Waals surface area contributed by atoms with Gasteiger partial charge in [0.2, 0.25) is 0 Å². The molecule has 0 amide bonds. The van der Waals surface area contributed by atoms with Gasteiger partial charge >= 0.3 is 11.9 Å². The van der Waals surface area contributed by atoms with Crippen molar-refractivity contribution in [3.63, 3.8) is 0 Å². The maximum atomic E-state index is 10.5. The lowest BCUT2D eigenvalue weighted by molar-refractivity contribution is -0.136. The maximum Gasteiger partial charge on any atom is 0.316 e. The molecule has 2 unspecified atom stereocenters. The second kappa shape index (κ2) is 5.03. The molecule has 0 radical (unpaired) electrons. The molecule has 0 saturated carbocycles. The molecule has 5 heteroatoms. The highest BCUT2D eigenvalue weighted by Crippen LogP contribution is 2.20. The Morgan fingerprint density at radius 3 is 2.08 bits per heavy atom. The largest absolute Gasteiger partial charge is 0.480 e. The molecule has 0 spiro atoms. The van der Waals surface area contributed by atoms with E-state index in [2.05, 4.69) is 0 Å². The van der Waals surface area contributed by atoms with Crippen molar-refractivity contribution in [1.29, 1.82) is 0 Å². The third-order valence-corrected chi connectivity index (χ3v) is 2.84. The van der Waals surface area contributed by atoms with E-state index in [0.29, 0.717) is 6.42 Å². The molecule has 0 aromatic rings. The molecule has 2 atom stereocenters. The van der Waals surface area contributed by atoms with Crippen LogP contribution < -0.4 is 0 Å². The van der Waals surface area contributed by atoms with Crippen molar-refractivity contribution in [1.82, 2.24) is 0 Å². The molecule has 0 aliphatic carbocycles. The van der Waals surface area contributed by atoms with Crippen LogP contribution in [0.3, 0.4) is 0 Å². The number of hydrogen-bond acceptors (Lipinski definition) is 3. The highest BCUT2D eigenvalue weighted by molar-refractivity contribution is 8.01. The van der Waals surface area contributed by atoms with Crippen LogP contribution in [0.15, 0.2) is 0 Å². The number of thioether (sulfide) groups is 1. The zero-order valence-corrected chi connectivity index (χ0v) is 7.80. The Kier molecular flexibility index (Phi) is 4.73. The summed E-state index contributed by atoms with van der Waals surface area (Å²) in [5.74, 6) is -1.92. The van der Waals surface area contributed by atoms with Gasteiger partial charge < -0.3 is 10.2 Å². The Morgan fingerprint density at radius 1 is 1.33 bits per heavy atom. The molecule has 0 saturated heterocycles. The minimum atomic E-state index is -0.972. The fourth-order valence-corrected chi connectivity index (χ4v) is 1.55. The van der Waals surface area contributed by atoms with Crippen LogP contribution in [0.2, 0.25) is 0 Å². The lowest BCUT2D eigenvalue weighted by atomic mass is 10.3. The Balaban J connectivity index is 4.02. The molecule has 0 aliphatic rings. The van der Waals surface area contributed by atoms with Crippen LogP contribution in [0.5, 0.6) is 0 Å². The van der Waals surface area contributed by atoms with E-state index >= 15 is 0 Å². The van der Waals surface area contributed by atoms with E-state index in [9.17, 15) is 9.59 Å². The van der Waals surface area contributed by atoms with Crippen LogP contribution in [0, 0.1) is 0 Å². The number of aliphatic carboxylic acids is 2. The van der Waals surface area contributed by atoms with Gasteiger partial charge in [0, 0.05) is 0 Å². The molecule has 4 nitrogen and oxygen atoms in total. The summed E-state index contributed by atoms with van der Waals surface area (Å²) in [6.45, 7) is 3.21. The van der Waals surface area contributed by atoms with Crippen LogP contribution in [0.25, 0.3) is 0 Å². The number of carbonyl (C=O) groups is 2. The van der Waals surface area contributed by atoms with Gasteiger partial charge in [-0.05, 0) is 13.3 Å². The van der Waals surface area contributed by atoms with Crippen molar-refractivity contribution in [2.45, 2.75) is 30.8 Å². The van der Waals surface area contributed by atoms with Gasteiger partial charge in [0.1, 0.15) is 10.5 Å². The van der Waals surface area contributed by atoms with Gasteiger partial charge in [0.25, 0.3) is 0 Å². The topological polar surface area (TPSA) is 74.6 Å². The Labute approximate surface area is 75.0 Å². The molecule has 2 N–H and O–H groups in total. The first-order valence-electron chi connectivity index (χ1n) is 3.60. The molecule has 0 heterocycles. The smallest absolute Gasteiger partial charge is 0.316 e. The fraction of sp³-hybridized carbons (Fsp3) is 0.714. The Hall–Kier alpha value is -0.710. The van der Waals surface area contributed by atoms with Crippen molar-refractivity contribution in [3.8, 4) is 0 Å². The summed E-state index contributed by atoms with van der Waals surface area (Å²) >= 11 is 0.962. The Bertz CT molecular complexity index is 180. The lowest BCUT2D eigenvalue weighted by Crippen LogP contribution is -2.22. The fourth-order valence-electron chi connectivity index (χ4n) is 0.634. The highest BCUT2D eigenvalue weighted by atomic mass is 32.2. The number of rotatable bonds is 5. The molecule has 0 fully saturated rings. The summed E-state index contributed by atoms with van der Waals surface area (Å²) in [5, 5.41) is 15.8. The van der Waals surface area contributed by atoms with E-state index < -0.39 is 22.4 Å². The van der Waals surface area contributed by atoms with Gasteiger partial charge in [-0.15, -0.1) is 11.8 Å². The summed E-state index contributed by atoms with van der Waals surface area (Å²) in [6.07, 6.45) is 0.442. The van der Waals surface area contributed by atoms with Crippen LogP contribution >= 0.6 is 11.8 Å². The highest BCUT2D eigenvalue weighted by Gasteiger charge is 2.22. The lowest BCUT2D eigenvalue weighted by Gasteiger charge is -2.11. The zero-order valence-electron chi connectivity index (χ0n) is 6.98. The Morgan fingerprint density at radius 2 is 1.83 bits per heavy atom. The van der Waals surface area contributed by atoms with Crippen molar-refractivity contribution in [2.24, 2.45) is 0 Å². The van der Waals surface area contributed by atoms with Gasteiger partial charge in [-0.3, -0.25) is 9.59 Å².